The lowest BCUT2D eigenvalue weighted by Crippen LogP contribution is -2.53. The van der Waals surface area contributed by atoms with Gasteiger partial charge in [-0.15, -0.1) is 35.3 Å². The quantitative estimate of drug-likeness (QED) is 0.382. The van der Waals surface area contributed by atoms with Crippen LogP contribution in [0.3, 0.4) is 0 Å². The van der Waals surface area contributed by atoms with E-state index in [1.807, 2.05) is 18.4 Å². The molecule has 0 aliphatic carbocycles. The maximum atomic E-state index is 4.46. The van der Waals surface area contributed by atoms with Crippen LogP contribution in [0.1, 0.15) is 19.8 Å². The molecule has 0 bridgehead atoms. The zero-order valence-electron chi connectivity index (χ0n) is 15.2. The van der Waals surface area contributed by atoms with Crippen LogP contribution >= 0.6 is 35.3 Å². The molecule has 1 aliphatic heterocycles. The minimum Gasteiger partial charge on any atom is -0.360 e. The predicted molar refractivity (Wildman–Crippen MR) is 117 cm³/mol. The third kappa shape index (κ3) is 6.76. The zero-order chi connectivity index (χ0) is 16.5. The molecule has 0 unspecified atom stereocenters. The van der Waals surface area contributed by atoms with Gasteiger partial charge in [0.15, 0.2) is 5.96 Å². The van der Waals surface area contributed by atoms with Gasteiger partial charge < -0.3 is 20.0 Å². The summed E-state index contributed by atoms with van der Waals surface area (Å²) in [6, 6.07) is 4.33. The van der Waals surface area contributed by atoms with Crippen molar-refractivity contribution < 1.29 is 0 Å². The minimum absolute atomic E-state index is 0. The molecule has 0 spiro atoms. The van der Waals surface area contributed by atoms with Crippen molar-refractivity contribution in [2.45, 2.75) is 19.8 Å². The first kappa shape index (κ1) is 21.5. The van der Waals surface area contributed by atoms with Gasteiger partial charge in [0.2, 0.25) is 0 Å². The number of piperazine rings is 1. The number of hydrogen-bond donors (Lipinski definition) is 1. The SMILES string of the molecule is CCCCN(C)CCNC(=NC)N1CCN(c2cccs2)CC1.I. The fourth-order valence-corrected chi connectivity index (χ4v) is 3.60. The van der Waals surface area contributed by atoms with E-state index in [1.165, 1.54) is 24.4 Å². The second kappa shape index (κ2) is 11.9. The van der Waals surface area contributed by atoms with E-state index in [-0.39, 0.29) is 24.0 Å². The van der Waals surface area contributed by atoms with Crippen LogP contribution in [0.2, 0.25) is 0 Å². The highest BCUT2D eigenvalue weighted by atomic mass is 127. The Morgan fingerprint density at radius 3 is 2.62 bits per heavy atom. The van der Waals surface area contributed by atoms with E-state index in [4.69, 9.17) is 0 Å². The van der Waals surface area contributed by atoms with Crippen molar-refractivity contribution in [2.75, 3.05) is 64.8 Å². The molecule has 1 N–H and O–H groups in total. The van der Waals surface area contributed by atoms with Crippen molar-refractivity contribution in [2.24, 2.45) is 4.99 Å². The molecule has 1 aromatic heterocycles. The van der Waals surface area contributed by atoms with Crippen LogP contribution in [0.5, 0.6) is 0 Å². The maximum absolute atomic E-state index is 4.46. The summed E-state index contributed by atoms with van der Waals surface area (Å²) in [4.78, 5) is 11.7. The number of aliphatic imine (C=N–C) groups is 1. The Hall–Kier alpha value is -0.540. The monoisotopic (exact) mass is 465 g/mol. The largest absolute Gasteiger partial charge is 0.360 e. The van der Waals surface area contributed by atoms with Gasteiger partial charge in [0.05, 0.1) is 5.00 Å². The third-order valence-electron chi connectivity index (χ3n) is 4.28. The van der Waals surface area contributed by atoms with Crippen molar-refractivity contribution in [1.82, 2.24) is 15.1 Å². The number of halogens is 1. The summed E-state index contributed by atoms with van der Waals surface area (Å²) in [5.74, 6) is 1.04. The minimum atomic E-state index is 0. The number of thiophene rings is 1. The summed E-state index contributed by atoms with van der Waals surface area (Å²) in [6.45, 7) is 9.63. The molecular weight excluding hydrogens is 433 g/mol. The van der Waals surface area contributed by atoms with Crippen LogP contribution in [0, 0.1) is 0 Å². The fourth-order valence-electron chi connectivity index (χ4n) is 2.82. The molecular formula is C17H32IN5S. The molecule has 0 saturated carbocycles. The number of nitrogens with one attached hydrogen (secondary N) is 1. The fraction of sp³-hybridized carbons (Fsp3) is 0.706. The average Bonchev–Trinajstić information content (AvgIpc) is 3.12. The van der Waals surface area contributed by atoms with E-state index >= 15 is 0 Å². The lowest BCUT2D eigenvalue weighted by atomic mass is 10.3. The van der Waals surface area contributed by atoms with E-state index in [0.29, 0.717) is 0 Å². The number of unbranched alkanes of at least 4 members (excludes halogenated alkanes) is 1. The normalized spacial score (nSPS) is 15.6. The van der Waals surface area contributed by atoms with Gasteiger partial charge in [-0.3, -0.25) is 4.99 Å². The Morgan fingerprint density at radius 2 is 2.04 bits per heavy atom. The Balaban J connectivity index is 0.00000288. The zero-order valence-corrected chi connectivity index (χ0v) is 18.3. The lowest BCUT2D eigenvalue weighted by molar-refractivity contribution is 0.325. The van der Waals surface area contributed by atoms with Crippen LogP contribution in [-0.4, -0.2) is 75.7 Å². The average molecular weight is 465 g/mol. The third-order valence-corrected chi connectivity index (χ3v) is 5.21. The van der Waals surface area contributed by atoms with Crippen LogP contribution in [0.25, 0.3) is 0 Å². The molecule has 0 aromatic carbocycles. The molecule has 138 valence electrons. The molecule has 2 rings (SSSR count). The van der Waals surface area contributed by atoms with E-state index < -0.39 is 0 Å². The van der Waals surface area contributed by atoms with Crippen molar-refractivity contribution in [3.05, 3.63) is 17.5 Å². The number of hydrogen-bond acceptors (Lipinski definition) is 4. The highest BCUT2D eigenvalue weighted by molar-refractivity contribution is 14.0. The molecule has 1 aliphatic rings. The van der Waals surface area contributed by atoms with Gasteiger partial charge in [-0.25, -0.2) is 0 Å². The molecule has 0 atom stereocenters. The maximum Gasteiger partial charge on any atom is 0.193 e. The summed E-state index contributed by atoms with van der Waals surface area (Å²) in [5, 5.41) is 7.04. The van der Waals surface area contributed by atoms with Gasteiger partial charge in [0.25, 0.3) is 0 Å². The first-order chi connectivity index (χ1) is 11.2. The highest BCUT2D eigenvalue weighted by Gasteiger charge is 2.20. The summed E-state index contributed by atoms with van der Waals surface area (Å²) in [6.07, 6.45) is 2.53. The van der Waals surface area contributed by atoms with E-state index in [1.54, 1.807) is 0 Å². The van der Waals surface area contributed by atoms with Crippen molar-refractivity contribution in [1.29, 1.82) is 0 Å². The molecule has 5 nitrogen and oxygen atoms in total. The van der Waals surface area contributed by atoms with Crippen molar-refractivity contribution in [3.8, 4) is 0 Å². The molecule has 1 saturated heterocycles. The van der Waals surface area contributed by atoms with Gasteiger partial charge >= 0.3 is 0 Å². The lowest BCUT2D eigenvalue weighted by Gasteiger charge is -2.37. The van der Waals surface area contributed by atoms with Crippen LogP contribution in [-0.2, 0) is 0 Å². The second-order valence-electron chi connectivity index (χ2n) is 6.06. The van der Waals surface area contributed by atoms with Gasteiger partial charge in [0.1, 0.15) is 0 Å². The predicted octanol–water partition coefficient (Wildman–Crippen LogP) is 2.80. The number of rotatable bonds is 7. The molecule has 1 fully saturated rings. The van der Waals surface area contributed by atoms with Crippen molar-refractivity contribution in [3.63, 3.8) is 0 Å². The Kier molecular flexibility index (Phi) is 10.7. The number of nitrogens with zero attached hydrogens (tertiary/aromatic N) is 4. The van der Waals surface area contributed by atoms with Gasteiger partial charge in [-0.05, 0) is 37.5 Å². The second-order valence-corrected chi connectivity index (χ2v) is 6.98. The molecule has 1 aromatic rings. The van der Waals surface area contributed by atoms with Crippen LogP contribution in [0.15, 0.2) is 22.5 Å². The van der Waals surface area contributed by atoms with E-state index in [0.717, 1.165) is 45.2 Å². The topological polar surface area (TPSA) is 34.1 Å². The summed E-state index contributed by atoms with van der Waals surface area (Å²) in [7, 11) is 4.08. The number of guanidine groups is 1. The highest BCUT2D eigenvalue weighted by Crippen LogP contribution is 2.22. The van der Waals surface area contributed by atoms with Crippen LogP contribution in [0.4, 0.5) is 5.00 Å². The number of anilines is 1. The Bertz CT molecular complexity index is 458. The first-order valence-electron chi connectivity index (χ1n) is 8.67. The first-order valence-corrected chi connectivity index (χ1v) is 9.55. The summed E-state index contributed by atoms with van der Waals surface area (Å²) in [5.41, 5.74) is 0. The molecule has 0 amide bonds. The van der Waals surface area contributed by atoms with Gasteiger partial charge in [-0.1, -0.05) is 13.3 Å². The van der Waals surface area contributed by atoms with E-state index in [9.17, 15) is 0 Å². The smallest absolute Gasteiger partial charge is 0.193 e. The summed E-state index contributed by atoms with van der Waals surface area (Å²) >= 11 is 1.82. The van der Waals surface area contributed by atoms with Crippen LogP contribution < -0.4 is 10.2 Å². The molecule has 2 heterocycles. The molecule has 7 heteroatoms. The van der Waals surface area contributed by atoms with Crippen molar-refractivity contribution >= 4 is 46.3 Å². The summed E-state index contributed by atoms with van der Waals surface area (Å²) < 4.78 is 0. The van der Waals surface area contributed by atoms with Gasteiger partial charge in [0, 0.05) is 46.3 Å². The Labute approximate surface area is 168 Å². The van der Waals surface area contributed by atoms with Gasteiger partial charge in [-0.2, -0.15) is 0 Å². The molecule has 24 heavy (non-hydrogen) atoms. The molecule has 0 radical (unpaired) electrons. The number of likely N-dealkylation sites (N-methyl/N-ethyl adjacent to an activating group) is 1. The standard InChI is InChI=1S/C17H31N5S.HI/c1-4-5-9-20(3)10-8-19-17(18-2)22-13-11-21(12-14-22)16-7-6-15-23-16;/h6-7,15H,4-5,8-14H2,1-3H3,(H,18,19);1H. The Morgan fingerprint density at radius 1 is 1.29 bits per heavy atom. The van der Waals surface area contributed by atoms with E-state index in [2.05, 4.69) is 56.5 Å².